The third kappa shape index (κ3) is 3.54. The molecular formula is C13H16N4O2. The number of pyridine rings is 1. The molecule has 0 unspecified atom stereocenters. The van der Waals surface area contributed by atoms with Gasteiger partial charge in [0.05, 0.1) is 13.4 Å². The highest BCUT2D eigenvalue weighted by atomic mass is 16.5. The Balaban J connectivity index is 1.81. The van der Waals surface area contributed by atoms with Crippen LogP contribution in [0.5, 0.6) is 5.88 Å². The fourth-order valence-corrected chi connectivity index (χ4v) is 1.70. The van der Waals surface area contributed by atoms with E-state index in [9.17, 15) is 4.79 Å². The zero-order valence-corrected chi connectivity index (χ0v) is 10.7. The van der Waals surface area contributed by atoms with Gasteiger partial charge in [-0.1, -0.05) is 0 Å². The second-order valence-electron chi connectivity index (χ2n) is 3.97. The predicted octanol–water partition coefficient (Wildman–Crippen LogP) is 1.11. The van der Waals surface area contributed by atoms with Crippen molar-refractivity contribution in [3.05, 3.63) is 42.6 Å². The monoisotopic (exact) mass is 260 g/mol. The minimum Gasteiger partial charge on any atom is -0.480 e. The van der Waals surface area contributed by atoms with E-state index < -0.39 is 0 Å². The summed E-state index contributed by atoms with van der Waals surface area (Å²) < 4.78 is 7.02. The molecule has 2 heterocycles. The first-order valence-corrected chi connectivity index (χ1v) is 6.04. The van der Waals surface area contributed by atoms with Gasteiger partial charge in [0.25, 0.3) is 5.91 Å². The van der Waals surface area contributed by atoms with Crippen molar-refractivity contribution < 1.29 is 9.53 Å². The Kier molecular flexibility index (Phi) is 4.49. The van der Waals surface area contributed by atoms with Crippen molar-refractivity contribution in [2.24, 2.45) is 0 Å². The number of carbonyl (C=O) groups is 1. The molecule has 0 atom stereocenters. The number of aromatic nitrogens is 3. The van der Waals surface area contributed by atoms with Crippen LogP contribution in [-0.4, -0.2) is 34.1 Å². The standard InChI is InChI=1S/C13H16N4O2/c1-19-13-11(4-2-5-16-13)12(18)15-6-3-8-17-9-7-14-10-17/h2,4-5,7,9-10H,3,6,8H2,1H3,(H,15,18). The molecule has 6 nitrogen and oxygen atoms in total. The highest BCUT2D eigenvalue weighted by Gasteiger charge is 2.11. The van der Waals surface area contributed by atoms with E-state index in [2.05, 4.69) is 15.3 Å². The minimum absolute atomic E-state index is 0.171. The van der Waals surface area contributed by atoms with Gasteiger partial charge in [0.1, 0.15) is 5.56 Å². The van der Waals surface area contributed by atoms with Crippen LogP contribution in [0.4, 0.5) is 0 Å². The van der Waals surface area contributed by atoms with Crippen molar-refractivity contribution in [3.63, 3.8) is 0 Å². The summed E-state index contributed by atoms with van der Waals surface area (Å²) >= 11 is 0. The van der Waals surface area contributed by atoms with E-state index in [-0.39, 0.29) is 5.91 Å². The summed E-state index contributed by atoms with van der Waals surface area (Å²) in [5, 5.41) is 2.84. The van der Waals surface area contributed by atoms with Gasteiger partial charge in [0, 0.05) is 31.7 Å². The first-order chi connectivity index (χ1) is 9.31. The lowest BCUT2D eigenvalue weighted by Crippen LogP contribution is -2.25. The SMILES string of the molecule is COc1ncccc1C(=O)NCCCn1ccnc1. The molecule has 0 fully saturated rings. The number of nitrogens with one attached hydrogen (secondary N) is 1. The fraction of sp³-hybridized carbons (Fsp3) is 0.308. The number of imidazole rings is 1. The predicted molar refractivity (Wildman–Crippen MR) is 70.0 cm³/mol. The molecule has 0 aliphatic carbocycles. The number of hydrogen-bond acceptors (Lipinski definition) is 4. The lowest BCUT2D eigenvalue weighted by atomic mass is 10.2. The smallest absolute Gasteiger partial charge is 0.256 e. The van der Waals surface area contributed by atoms with Gasteiger partial charge in [-0.2, -0.15) is 0 Å². The van der Waals surface area contributed by atoms with Crippen molar-refractivity contribution in [1.29, 1.82) is 0 Å². The fourth-order valence-electron chi connectivity index (χ4n) is 1.70. The van der Waals surface area contributed by atoms with Gasteiger partial charge in [-0.25, -0.2) is 9.97 Å². The zero-order valence-electron chi connectivity index (χ0n) is 10.7. The number of hydrogen-bond donors (Lipinski definition) is 1. The van der Waals surface area contributed by atoms with Crippen molar-refractivity contribution in [2.45, 2.75) is 13.0 Å². The molecule has 0 spiro atoms. The molecule has 1 N–H and O–H groups in total. The number of methoxy groups -OCH3 is 1. The number of rotatable bonds is 6. The van der Waals surface area contributed by atoms with E-state index in [1.807, 2.05) is 10.8 Å². The summed E-state index contributed by atoms with van der Waals surface area (Å²) in [6, 6.07) is 3.40. The Morgan fingerprint density at radius 2 is 2.37 bits per heavy atom. The summed E-state index contributed by atoms with van der Waals surface area (Å²) in [6.45, 7) is 1.42. The molecule has 0 aliphatic heterocycles. The van der Waals surface area contributed by atoms with Crippen LogP contribution in [-0.2, 0) is 6.54 Å². The van der Waals surface area contributed by atoms with Gasteiger partial charge in [-0.05, 0) is 18.6 Å². The maximum absolute atomic E-state index is 11.9. The van der Waals surface area contributed by atoms with Crippen LogP contribution in [0.2, 0.25) is 0 Å². The van der Waals surface area contributed by atoms with Crippen LogP contribution in [0.25, 0.3) is 0 Å². The molecule has 1 amide bonds. The molecule has 100 valence electrons. The molecule has 0 aromatic carbocycles. The van der Waals surface area contributed by atoms with E-state index in [1.54, 1.807) is 30.9 Å². The first kappa shape index (κ1) is 13.1. The van der Waals surface area contributed by atoms with Crippen LogP contribution in [0.1, 0.15) is 16.8 Å². The maximum Gasteiger partial charge on any atom is 0.256 e. The molecule has 2 aromatic heterocycles. The molecule has 0 bridgehead atoms. The van der Waals surface area contributed by atoms with Crippen molar-refractivity contribution >= 4 is 5.91 Å². The molecule has 19 heavy (non-hydrogen) atoms. The third-order valence-electron chi connectivity index (χ3n) is 2.65. The largest absolute Gasteiger partial charge is 0.480 e. The van der Waals surface area contributed by atoms with Crippen LogP contribution in [0, 0.1) is 0 Å². The molecule has 0 saturated carbocycles. The number of nitrogens with zero attached hydrogens (tertiary/aromatic N) is 3. The molecule has 6 heteroatoms. The summed E-state index contributed by atoms with van der Waals surface area (Å²) in [4.78, 5) is 19.9. The highest BCUT2D eigenvalue weighted by molar-refractivity contribution is 5.96. The van der Waals surface area contributed by atoms with Crippen molar-refractivity contribution in [2.75, 3.05) is 13.7 Å². The first-order valence-electron chi connectivity index (χ1n) is 6.04. The van der Waals surface area contributed by atoms with Gasteiger partial charge in [-0.3, -0.25) is 4.79 Å². The Morgan fingerprint density at radius 3 is 3.11 bits per heavy atom. The highest BCUT2D eigenvalue weighted by Crippen LogP contribution is 2.12. The Bertz CT molecular complexity index is 525. The third-order valence-corrected chi connectivity index (χ3v) is 2.65. The number of carbonyl (C=O) groups excluding carboxylic acids is 1. The van der Waals surface area contributed by atoms with E-state index in [1.165, 1.54) is 7.11 Å². The molecule has 2 rings (SSSR count). The van der Waals surface area contributed by atoms with Crippen LogP contribution in [0.3, 0.4) is 0 Å². The van der Waals surface area contributed by atoms with E-state index >= 15 is 0 Å². The molecular weight excluding hydrogens is 244 g/mol. The van der Waals surface area contributed by atoms with Crippen LogP contribution in [0.15, 0.2) is 37.1 Å². The second kappa shape index (κ2) is 6.53. The average molecular weight is 260 g/mol. The van der Waals surface area contributed by atoms with Crippen LogP contribution >= 0.6 is 0 Å². The van der Waals surface area contributed by atoms with E-state index in [0.717, 1.165) is 13.0 Å². The summed E-state index contributed by atoms with van der Waals surface area (Å²) in [7, 11) is 1.50. The van der Waals surface area contributed by atoms with Crippen molar-refractivity contribution in [3.8, 4) is 5.88 Å². The lowest BCUT2D eigenvalue weighted by molar-refractivity contribution is 0.0949. The van der Waals surface area contributed by atoms with Crippen LogP contribution < -0.4 is 10.1 Å². The van der Waals surface area contributed by atoms with E-state index in [0.29, 0.717) is 18.0 Å². The average Bonchev–Trinajstić information content (AvgIpc) is 2.96. The lowest BCUT2D eigenvalue weighted by Gasteiger charge is -2.08. The molecule has 2 aromatic rings. The normalized spacial score (nSPS) is 10.2. The van der Waals surface area contributed by atoms with E-state index in [4.69, 9.17) is 4.74 Å². The number of amides is 1. The number of aryl methyl sites for hydroxylation is 1. The topological polar surface area (TPSA) is 69.0 Å². The van der Waals surface area contributed by atoms with Crippen molar-refractivity contribution in [1.82, 2.24) is 19.9 Å². The van der Waals surface area contributed by atoms with Gasteiger partial charge in [0.15, 0.2) is 0 Å². The Hall–Kier alpha value is -2.37. The summed E-state index contributed by atoms with van der Waals surface area (Å²) in [6.07, 6.45) is 7.82. The van der Waals surface area contributed by atoms with Gasteiger partial charge in [-0.15, -0.1) is 0 Å². The summed E-state index contributed by atoms with van der Waals surface area (Å²) in [5.41, 5.74) is 0.452. The number of ether oxygens (including phenoxy) is 1. The molecule has 0 saturated heterocycles. The van der Waals surface area contributed by atoms with Gasteiger partial charge >= 0.3 is 0 Å². The Labute approximate surface area is 111 Å². The van der Waals surface area contributed by atoms with Gasteiger partial charge in [0.2, 0.25) is 5.88 Å². The second-order valence-corrected chi connectivity index (χ2v) is 3.97. The Morgan fingerprint density at radius 1 is 1.47 bits per heavy atom. The maximum atomic E-state index is 11.9. The minimum atomic E-state index is -0.171. The molecule has 0 aliphatic rings. The zero-order chi connectivity index (χ0) is 13.5. The quantitative estimate of drug-likeness (QED) is 0.790. The van der Waals surface area contributed by atoms with Gasteiger partial charge < -0.3 is 14.6 Å². The molecule has 0 radical (unpaired) electrons. The summed E-state index contributed by atoms with van der Waals surface area (Å²) in [5.74, 6) is 0.171.